The summed E-state index contributed by atoms with van der Waals surface area (Å²) in [4.78, 5) is 12.5. The van der Waals surface area contributed by atoms with Crippen molar-refractivity contribution in [2.24, 2.45) is 0 Å². The number of hydrogen-bond donors (Lipinski definition) is 5. The van der Waals surface area contributed by atoms with E-state index in [9.17, 15) is 30.3 Å². The van der Waals surface area contributed by atoms with Gasteiger partial charge in [0.25, 0.3) is 0 Å². The number of aryl methyl sites for hydroxylation is 2. The van der Waals surface area contributed by atoms with Crippen LogP contribution in [0.25, 0.3) is 0 Å². The standard InChI is InChI=1S/C26H28O8/c27-14-33-25-20-3-1-2-17-12-16(21-9-11-23(31)34-26(21)24(17)32)5-8-19(29)13-18(28)7-4-15(20)6-10-22(25)30/h6,10,12,19,23,27,29-32H,2,4-5,7-9,11,13-14H2. The van der Waals surface area contributed by atoms with Gasteiger partial charge < -0.3 is 35.0 Å². The molecule has 2 bridgehead atoms. The van der Waals surface area contributed by atoms with E-state index in [2.05, 4.69) is 11.8 Å². The van der Waals surface area contributed by atoms with Crippen molar-refractivity contribution in [2.45, 2.75) is 63.8 Å². The van der Waals surface area contributed by atoms with Crippen LogP contribution in [0.4, 0.5) is 0 Å². The van der Waals surface area contributed by atoms with E-state index in [1.54, 1.807) is 6.07 Å². The number of ketones is 1. The monoisotopic (exact) mass is 468 g/mol. The maximum Gasteiger partial charge on any atom is 0.197 e. The van der Waals surface area contributed by atoms with Crippen LogP contribution in [0.15, 0.2) is 18.2 Å². The van der Waals surface area contributed by atoms with Crippen LogP contribution >= 0.6 is 0 Å². The number of aliphatic hydroxyl groups is 3. The fourth-order valence-electron chi connectivity index (χ4n) is 4.48. The summed E-state index contributed by atoms with van der Waals surface area (Å²) >= 11 is 0. The first-order valence-electron chi connectivity index (χ1n) is 11.4. The molecule has 2 atom stereocenters. The minimum atomic E-state index is -1.02. The number of aliphatic hydroxyl groups excluding tert-OH is 3. The van der Waals surface area contributed by atoms with Gasteiger partial charge in [0.15, 0.2) is 36.1 Å². The molecule has 5 N–H and O–H groups in total. The number of hydrogen-bond acceptors (Lipinski definition) is 8. The highest BCUT2D eigenvalue weighted by Gasteiger charge is 2.26. The highest BCUT2D eigenvalue weighted by Crippen LogP contribution is 2.41. The molecule has 2 aliphatic rings. The van der Waals surface area contributed by atoms with Gasteiger partial charge in [0, 0.05) is 36.8 Å². The van der Waals surface area contributed by atoms with Crippen LogP contribution in [-0.2, 0) is 30.5 Å². The molecule has 34 heavy (non-hydrogen) atoms. The third-order valence-corrected chi connectivity index (χ3v) is 6.23. The fraction of sp³-hybridized carbons (Fsp3) is 0.423. The minimum absolute atomic E-state index is 0.0153. The van der Waals surface area contributed by atoms with Crippen LogP contribution in [0.2, 0.25) is 0 Å². The summed E-state index contributed by atoms with van der Waals surface area (Å²) < 4.78 is 10.7. The van der Waals surface area contributed by atoms with Crippen molar-refractivity contribution in [3.63, 3.8) is 0 Å². The van der Waals surface area contributed by atoms with Crippen molar-refractivity contribution in [1.82, 2.24) is 0 Å². The smallest absolute Gasteiger partial charge is 0.197 e. The third kappa shape index (κ3) is 5.12. The molecule has 2 unspecified atom stereocenters. The Morgan fingerprint density at radius 1 is 1.03 bits per heavy atom. The first kappa shape index (κ1) is 23.9. The molecule has 4 rings (SSSR count). The third-order valence-electron chi connectivity index (χ3n) is 6.23. The van der Waals surface area contributed by atoms with Gasteiger partial charge in [-0.1, -0.05) is 24.0 Å². The lowest BCUT2D eigenvalue weighted by molar-refractivity contribution is -0.121. The molecule has 0 radical (unpaired) electrons. The lowest BCUT2D eigenvalue weighted by Crippen LogP contribution is -2.23. The van der Waals surface area contributed by atoms with E-state index in [1.165, 1.54) is 6.07 Å². The van der Waals surface area contributed by atoms with E-state index in [4.69, 9.17) is 9.47 Å². The highest BCUT2D eigenvalue weighted by atomic mass is 16.6. The molecule has 1 aliphatic carbocycles. The molecule has 2 aromatic rings. The van der Waals surface area contributed by atoms with Gasteiger partial charge in [-0.3, -0.25) is 4.79 Å². The Balaban J connectivity index is 1.80. The number of aromatic hydroxyl groups is 2. The Kier molecular flexibility index (Phi) is 7.27. The number of fused-ring (bicyclic) bond motifs is 5. The topological polar surface area (TPSA) is 137 Å². The zero-order valence-corrected chi connectivity index (χ0v) is 18.7. The number of rotatable bonds is 2. The predicted octanol–water partition coefficient (Wildman–Crippen LogP) is 1.86. The summed E-state index contributed by atoms with van der Waals surface area (Å²) in [6.45, 7) is -0.661. The summed E-state index contributed by atoms with van der Waals surface area (Å²) in [5.41, 5.74) is 3.17. The van der Waals surface area contributed by atoms with E-state index < -0.39 is 19.2 Å². The normalized spacial score (nSPS) is 20.5. The summed E-state index contributed by atoms with van der Waals surface area (Å²) in [5.74, 6) is 5.83. The number of ether oxygens (including phenoxy) is 2. The van der Waals surface area contributed by atoms with Gasteiger partial charge >= 0.3 is 0 Å². The van der Waals surface area contributed by atoms with Crippen molar-refractivity contribution in [3.8, 4) is 34.8 Å². The number of carbonyl (C=O) groups excluding carboxylic acids is 1. The van der Waals surface area contributed by atoms with Gasteiger partial charge in [-0.2, -0.15) is 0 Å². The molecule has 8 heteroatoms. The van der Waals surface area contributed by atoms with Gasteiger partial charge in [-0.25, -0.2) is 0 Å². The first-order chi connectivity index (χ1) is 16.4. The Labute approximate surface area is 197 Å². The predicted molar refractivity (Wildman–Crippen MR) is 122 cm³/mol. The lowest BCUT2D eigenvalue weighted by atomic mass is 9.91. The fourth-order valence-corrected chi connectivity index (χ4v) is 4.48. The van der Waals surface area contributed by atoms with Gasteiger partial charge in [0.1, 0.15) is 5.78 Å². The van der Waals surface area contributed by atoms with Gasteiger partial charge in [0.2, 0.25) is 0 Å². The van der Waals surface area contributed by atoms with Gasteiger partial charge in [0.05, 0.1) is 11.7 Å². The van der Waals surface area contributed by atoms with Crippen molar-refractivity contribution in [2.75, 3.05) is 6.79 Å². The summed E-state index contributed by atoms with van der Waals surface area (Å²) in [7, 11) is 0. The quantitative estimate of drug-likeness (QED) is 0.333. The molecule has 0 aromatic heterocycles. The Morgan fingerprint density at radius 3 is 2.65 bits per heavy atom. The molecule has 0 saturated heterocycles. The number of phenols is 2. The summed E-state index contributed by atoms with van der Waals surface area (Å²) in [6.07, 6.45) is 0.614. The number of benzene rings is 2. The van der Waals surface area contributed by atoms with E-state index in [1.807, 2.05) is 6.07 Å². The van der Waals surface area contributed by atoms with Gasteiger partial charge in [-0.15, -0.1) is 0 Å². The van der Waals surface area contributed by atoms with Crippen LogP contribution in [0.1, 0.15) is 53.5 Å². The maximum absolute atomic E-state index is 12.5. The minimum Gasteiger partial charge on any atom is -0.504 e. The molecule has 180 valence electrons. The van der Waals surface area contributed by atoms with Crippen LogP contribution in [0.5, 0.6) is 23.0 Å². The molecule has 1 heterocycles. The van der Waals surface area contributed by atoms with E-state index in [0.29, 0.717) is 48.8 Å². The van der Waals surface area contributed by atoms with E-state index >= 15 is 0 Å². The molecule has 0 spiro atoms. The SMILES string of the molecule is O=C1CCc2ccc(O)c(OCO)c2C#CCc2cc(c3c(c2O)OC(O)CC3)CCC(O)C1. The lowest BCUT2D eigenvalue weighted by Gasteiger charge is -2.26. The number of Topliss-reactive ketones (excluding diaryl/α,β-unsaturated/α-hetero) is 1. The molecular weight excluding hydrogens is 440 g/mol. The zero-order chi connectivity index (χ0) is 24.2. The molecule has 0 saturated carbocycles. The Bertz CT molecular complexity index is 1140. The average molecular weight is 469 g/mol. The second kappa shape index (κ2) is 10.3. The summed E-state index contributed by atoms with van der Waals surface area (Å²) in [6, 6.07) is 4.89. The molecule has 0 fully saturated rings. The maximum atomic E-state index is 12.5. The zero-order valence-electron chi connectivity index (χ0n) is 18.7. The second-order valence-electron chi connectivity index (χ2n) is 8.60. The Morgan fingerprint density at radius 2 is 1.85 bits per heavy atom. The number of phenolic OH excluding ortho intramolecular Hbond substituents is 2. The summed E-state index contributed by atoms with van der Waals surface area (Å²) in [5, 5.41) is 50.7. The van der Waals surface area contributed by atoms with E-state index in [-0.39, 0.29) is 48.0 Å². The van der Waals surface area contributed by atoms with Crippen molar-refractivity contribution >= 4 is 5.78 Å². The highest BCUT2D eigenvalue weighted by molar-refractivity contribution is 5.79. The van der Waals surface area contributed by atoms with Crippen LogP contribution in [0.3, 0.4) is 0 Å². The Hall–Kier alpha value is -3.25. The van der Waals surface area contributed by atoms with Crippen molar-refractivity contribution < 1.29 is 39.8 Å². The van der Waals surface area contributed by atoms with Crippen LogP contribution in [-0.4, -0.2) is 50.5 Å². The second-order valence-corrected chi connectivity index (χ2v) is 8.60. The molecule has 0 amide bonds. The van der Waals surface area contributed by atoms with Crippen LogP contribution < -0.4 is 9.47 Å². The van der Waals surface area contributed by atoms with Crippen molar-refractivity contribution in [3.05, 3.63) is 46.0 Å². The molecule has 1 aliphatic heterocycles. The van der Waals surface area contributed by atoms with Gasteiger partial charge in [-0.05, 0) is 42.9 Å². The average Bonchev–Trinajstić information content (AvgIpc) is 2.81. The number of carbonyl (C=O) groups is 1. The largest absolute Gasteiger partial charge is 0.504 e. The molecule has 8 nitrogen and oxygen atoms in total. The molecule has 2 aromatic carbocycles. The van der Waals surface area contributed by atoms with Crippen molar-refractivity contribution in [1.29, 1.82) is 0 Å². The molecular formula is C26H28O8. The van der Waals surface area contributed by atoms with Crippen LogP contribution in [0, 0.1) is 11.8 Å². The van der Waals surface area contributed by atoms with E-state index in [0.717, 1.165) is 11.1 Å². The first-order valence-corrected chi connectivity index (χ1v) is 11.4.